The number of nitrogens with zero attached hydrogens (tertiary/aromatic N) is 1. The van der Waals surface area contributed by atoms with Gasteiger partial charge in [-0.05, 0) is 50.3 Å². The quantitative estimate of drug-likeness (QED) is 0.524. The van der Waals surface area contributed by atoms with Gasteiger partial charge in [-0.2, -0.15) is 0 Å². The summed E-state index contributed by atoms with van der Waals surface area (Å²) in [5, 5.41) is 8.29. The van der Waals surface area contributed by atoms with Crippen LogP contribution in [-0.2, 0) is 11.2 Å². The van der Waals surface area contributed by atoms with Crippen molar-refractivity contribution in [3.05, 3.63) is 69.6 Å². The Morgan fingerprint density at radius 1 is 1.03 bits per heavy atom. The van der Waals surface area contributed by atoms with E-state index in [4.69, 9.17) is 0 Å². The van der Waals surface area contributed by atoms with E-state index in [2.05, 4.69) is 27.8 Å². The molecule has 0 radical (unpaired) electrons. The van der Waals surface area contributed by atoms with Gasteiger partial charge in [0.2, 0.25) is 5.91 Å². The van der Waals surface area contributed by atoms with Crippen LogP contribution in [0.15, 0.2) is 41.8 Å². The smallest absolute Gasteiger partial charge is 0.257 e. The molecule has 2 N–H and O–H groups in total. The Morgan fingerprint density at radius 2 is 1.70 bits per heavy atom. The summed E-state index contributed by atoms with van der Waals surface area (Å²) in [4.78, 5) is 28.2. The van der Waals surface area contributed by atoms with Crippen molar-refractivity contribution in [1.82, 2.24) is 10.3 Å². The second kappa shape index (κ2) is 9.67. The lowest BCUT2D eigenvalue weighted by Crippen LogP contribution is -2.21. The molecule has 0 aliphatic rings. The van der Waals surface area contributed by atoms with E-state index in [1.54, 1.807) is 0 Å². The van der Waals surface area contributed by atoms with Gasteiger partial charge in [0.25, 0.3) is 5.91 Å². The van der Waals surface area contributed by atoms with Gasteiger partial charge in [-0.1, -0.05) is 42.0 Å². The van der Waals surface area contributed by atoms with Gasteiger partial charge < -0.3 is 5.32 Å². The van der Waals surface area contributed by atoms with Crippen molar-refractivity contribution in [1.29, 1.82) is 0 Å². The Balaban J connectivity index is 1.63. The second-order valence-corrected chi connectivity index (χ2v) is 8.41. The highest BCUT2D eigenvalue weighted by atomic mass is 32.1. The molecular formula is C24H27N3O2S. The number of nitrogens with one attached hydrogen (secondary N) is 2. The lowest BCUT2D eigenvalue weighted by molar-refractivity contribution is -0.118. The molecule has 0 saturated carbocycles. The summed E-state index contributed by atoms with van der Waals surface area (Å²) >= 11 is 1.42. The molecule has 0 aliphatic heterocycles. The molecule has 2 aromatic carbocycles. The zero-order valence-electron chi connectivity index (χ0n) is 17.8. The predicted octanol–water partition coefficient (Wildman–Crippen LogP) is 5.06. The van der Waals surface area contributed by atoms with Gasteiger partial charge in [0.15, 0.2) is 5.13 Å². The summed E-state index contributed by atoms with van der Waals surface area (Å²) in [7, 11) is 0. The van der Waals surface area contributed by atoms with Crippen LogP contribution in [0, 0.1) is 20.8 Å². The first-order chi connectivity index (χ1) is 14.3. The molecule has 0 bridgehead atoms. The van der Waals surface area contributed by atoms with Gasteiger partial charge in [0, 0.05) is 30.0 Å². The van der Waals surface area contributed by atoms with Gasteiger partial charge >= 0.3 is 0 Å². The minimum Gasteiger partial charge on any atom is -0.356 e. The standard InChI is InChI=1S/C24H27N3O2S/c1-15-12-16(2)22(17(3)13-15)23(29)27-24-26-21(14-30-24)20-9-7-19(8-10-20)6-5-11-25-18(4)28/h7-10,12-14H,5-6,11H2,1-4H3,(H,25,28)(H,26,27,29). The molecule has 1 aromatic heterocycles. The van der Waals surface area contributed by atoms with E-state index >= 15 is 0 Å². The highest BCUT2D eigenvalue weighted by Crippen LogP contribution is 2.26. The van der Waals surface area contributed by atoms with Crippen molar-refractivity contribution in [2.45, 2.75) is 40.5 Å². The third kappa shape index (κ3) is 5.54. The van der Waals surface area contributed by atoms with Crippen molar-refractivity contribution in [2.75, 3.05) is 11.9 Å². The zero-order valence-corrected chi connectivity index (χ0v) is 18.7. The van der Waals surface area contributed by atoms with E-state index in [9.17, 15) is 9.59 Å². The summed E-state index contributed by atoms with van der Waals surface area (Å²) < 4.78 is 0. The summed E-state index contributed by atoms with van der Waals surface area (Å²) in [5.74, 6) is -0.120. The monoisotopic (exact) mass is 421 g/mol. The van der Waals surface area contributed by atoms with Crippen LogP contribution in [-0.4, -0.2) is 23.3 Å². The fourth-order valence-electron chi connectivity index (χ4n) is 3.56. The number of carbonyl (C=O) groups is 2. The zero-order chi connectivity index (χ0) is 21.7. The van der Waals surface area contributed by atoms with Crippen LogP contribution in [0.25, 0.3) is 11.3 Å². The van der Waals surface area contributed by atoms with Crippen molar-refractivity contribution in [3.8, 4) is 11.3 Å². The predicted molar refractivity (Wildman–Crippen MR) is 123 cm³/mol. The van der Waals surface area contributed by atoms with E-state index in [-0.39, 0.29) is 11.8 Å². The Bertz CT molecular complexity index is 1030. The van der Waals surface area contributed by atoms with E-state index in [0.717, 1.165) is 40.8 Å². The molecule has 30 heavy (non-hydrogen) atoms. The van der Waals surface area contributed by atoms with Crippen LogP contribution in [0.2, 0.25) is 0 Å². The third-order valence-corrected chi connectivity index (χ3v) is 5.65. The van der Waals surface area contributed by atoms with Crippen LogP contribution in [0.3, 0.4) is 0 Å². The van der Waals surface area contributed by atoms with Crippen LogP contribution in [0.1, 0.15) is 46.0 Å². The van der Waals surface area contributed by atoms with Crippen LogP contribution < -0.4 is 10.6 Å². The summed E-state index contributed by atoms with van der Waals surface area (Å²) in [6.45, 7) is 8.16. The highest BCUT2D eigenvalue weighted by molar-refractivity contribution is 7.14. The van der Waals surface area contributed by atoms with Gasteiger partial charge in [-0.15, -0.1) is 11.3 Å². The lowest BCUT2D eigenvalue weighted by atomic mass is 9.99. The highest BCUT2D eigenvalue weighted by Gasteiger charge is 2.15. The number of anilines is 1. The van der Waals surface area contributed by atoms with Gasteiger partial charge in [0.05, 0.1) is 5.69 Å². The molecule has 1 heterocycles. The molecule has 0 atom stereocenters. The number of thiazole rings is 1. The van der Waals surface area contributed by atoms with Crippen molar-refractivity contribution < 1.29 is 9.59 Å². The summed E-state index contributed by atoms with van der Waals surface area (Å²) in [5.41, 5.74) is 6.88. The Morgan fingerprint density at radius 3 is 2.33 bits per heavy atom. The molecule has 3 aromatic rings. The average molecular weight is 422 g/mol. The lowest BCUT2D eigenvalue weighted by Gasteiger charge is -2.10. The molecule has 0 saturated heterocycles. The Kier molecular flexibility index (Phi) is 7.00. The number of carbonyl (C=O) groups excluding carboxylic acids is 2. The number of amides is 2. The van der Waals surface area contributed by atoms with Crippen molar-refractivity contribution in [3.63, 3.8) is 0 Å². The number of aromatic nitrogens is 1. The minimum atomic E-state index is -0.125. The van der Waals surface area contributed by atoms with E-state index in [1.165, 1.54) is 23.8 Å². The number of hydrogen-bond acceptors (Lipinski definition) is 4. The summed E-state index contributed by atoms with van der Waals surface area (Å²) in [6, 6.07) is 12.3. The molecule has 5 nitrogen and oxygen atoms in total. The molecular weight excluding hydrogens is 394 g/mol. The van der Waals surface area contributed by atoms with E-state index < -0.39 is 0 Å². The van der Waals surface area contributed by atoms with E-state index in [1.807, 2.05) is 50.4 Å². The van der Waals surface area contributed by atoms with Crippen LogP contribution in [0.4, 0.5) is 5.13 Å². The second-order valence-electron chi connectivity index (χ2n) is 7.55. The SMILES string of the molecule is CC(=O)NCCCc1ccc(-c2csc(NC(=O)c3c(C)cc(C)cc3C)n2)cc1. The first-order valence-corrected chi connectivity index (χ1v) is 10.9. The van der Waals surface area contributed by atoms with Crippen LogP contribution >= 0.6 is 11.3 Å². The van der Waals surface area contributed by atoms with Crippen LogP contribution in [0.5, 0.6) is 0 Å². The molecule has 2 amide bonds. The van der Waals surface area contributed by atoms with Gasteiger partial charge in [-0.3, -0.25) is 14.9 Å². The molecule has 156 valence electrons. The van der Waals surface area contributed by atoms with E-state index in [0.29, 0.717) is 17.2 Å². The van der Waals surface area contributed by atoms with Gasteiger partial charge in [0.1, 0.15) is 0 Å². The first-order valence-electron chi connectivity index (χ1n) is 10.0. The third-order valence-electron chi connectivity index (χ3n) is 4.89. The molecule has 0 fully saturated rings. The maximum Gasteiger partial charge on any atom is 0.257 e. The maximum atomic E-state index is 12.8. The largest absolute Gasteiger partial charge is 0.356 e. The Hall–Kier alpha value is -2.99. The fourth-order valence-corrected chi connectivity index (χ4v) is 4.28. The minimum absolute atomic E-state index is 0.00414. The topological polar surface area (TPSA) is 71.1 Å². The van der Waals surface area contributed by atoms with Crippen molar-refractivity contribution in [2.24, 2.45) is 0 Å². The fraction of sp³-hybridized carbons (Fsp3) is 0.292. The molecule has 0 aliphatic carbocycles. The number of hydrogen-bond donors (Lipinski definition) is 2. The number of rotatable bonds is 7. The molecule has 3 rings (SSSR count). The summed E-state index contributed by atoms with van der Waals surface area (Å²) in [6.07, 6.45) is 1.82. The molecule has 0 unspecified atom stereocenters. The Labute approximate surface area is 181 Å². The average Bonchev–Trinajstić information content (AvgIpc) is 3.13. The van der Waals surface area contributed by atoms with Gasteiger partial charge in [-0.25, -0.2) is 4.98 Å². The number of benzene rings is 2. The first kappa shape index (κ1) is 21.7. The number of aryl methyl sites for hydroxylation is 4. The molecule has 0 spiro atoms. The maximum absolute atomic E-state index is 12.8. The molecule has 6 heteroatoms. The normalized spacial score (nSPS) is 10.7. The van der Waals surface area contributed by atoms with Crippen molar-refractivity contribution >= 4 is 28.3 Å².